The van der Waals surface area contributed by atoms with E-state index in [2.05, 4.69) is 22.2 Å². The minimum absolute atomic E-state index is 0.0178. The minimum atomic E-state index is -0.0178. The quantitative estimate of drug-likeness (QED) is 0.769. The van der Waals surface area contributed by atoms with Gasteiger partial charge in [-0.15, -0.1) is 0 Å². The van der Waals surface area contributed by atoms with E-state index >= 15 is 0 Å². The van der Waals surface area contributed by atoms with Gasteiger partial charge in [0.1, 0.15) is 5.82 Å². The number of benzene rings is 2. The molecule has 1 aromatic heterocycles. The second kappa shape index (κ2) is 5.79. The minimum Gasteiger partial charge on any atom is -0.342 e. The Kier molecular flexibility index (Phi) is 3.69. The molecule has 3 rings (SSSR count). The molecule has 0 fully saturated rings. The third-order valence-electron chi connectivity index (χ3n) is 3.35. The maximum atomic E-state index is 12.0. The van der Waals surface area contributed by atoms with Gasteiger partial charge < -0.3 is 10.3 Å². The Labute approximate surface area is 123 Å². The van der Waals surface area contributed by atoms with E-state index in [1.165, 1.54) is 0 Å². The lowest BCUT2D eigenvalue weighted by Gasteiger charge is -2.05. The van der Waals surface area contributed by atoms with Crippen LogP contribution in [0.3, 0.4) is 0 Å². The van der Waals surface area contributed by atoms with Crippen LogP contribution < -0.4 is 5.32 Å². The number of para-hydroxylation sites is 1. The average molecular weight is 279 g/mol. The molecule has 3 aromatic rings. The topological polar surface area (TPSA) is 57.8 Å². The van der Waals surface area contributed by atoms with E-state index < -0.39 is 0 Å². The standard InChI is InChI=1S/C17H17N3O/c1-2-16-19-14-9-8-12(10-15(14)20-16)11-17(21)18-13-6-4-3-5-7-13/h3-10H,2,11H2,1H3,(H,18,21)(H,19,20). The highest BCUT2D eigenvalue weighted by molar-refractivity contribution is 5.92. The van der Waals surface area contributed by atoms with Crippen molar-refractivity contribution in [1.82, 2.24) is 9.97 Å². The highest BCUT2D eigenvalue weighted by atomic mass is 16.1. The van der Waals surface area contributed by atoms with E-state index in [0.29, 0.717) is 6.42 Å². The molecule has 0 saturated heterocycles. The second-order valence-electron chi connectivity index (χ2n) is 4.98. The molecule has 0 aliphatic heterocycles. The first-order chi connectivity index (χ1) is 10.2. The van der Waals surface area contributed by atoms with Crippen molar-refractivity contribution in [3.05, 3.63) is 59.9 Å². The van der Waals surface area contributed by atoms with Crippen LogP contribution in [0.15, 0.2) is 48.5 Å². The highest BCUT2D eigenvalue weighted by Crippen LogP contribution is 2.15. The van der Waals surface area contributed by atoms with E-state index in [4.69, 9.17) is 0 Å². The Balaban J connectivity index is 1.73. The molecule has 0 bridgehead atoms. The zero-order valence-corrected chi connectivity index (χ0v) is 11.9. The van der Waals surface area contributed by atoms with Crippen molar-refractivity contribution in [2.24, 2.45) is 0 Å². The number of carbonyl (C=O) groups is 1. The first-order valence-electron chi connectivity index (χ1n) is 7.07. The lowest BCUT2D eigenvalue weighted by atomic mass is 10.1. The van der Waals surface area contributed by atoms with Crippen molar-refractivity contribution >= 4 is 22.6 Å². The fraction of sp³-hybridized carbons (Fsp3) is 0.176. The van der Waals surface area contributed by atoms with Gasteiger partial charge in [0.05, 0.1) is 17.5 Å². The number of nitrogens with zero attached hydrogens (tertiary/aromatic N) is 1. The van der Waals surface area contributed by atoms with Crippen LogP contribution in [0.25, 0.3) is 11.0 Å². The van der Waals surface area contributed by atoms with E-state index in [-0.39, 0.29) is 5.91 Å². The van der Waals surface area contributed by atoms with E-state index in [9.17, 15) is 4.79 Å². The molecule has 0 saturated carbocycles. The van der Waals surface area contributed by atoms with Crippen LogP contribution in [0.1, 0.15) is 18.3 Å². The molecule has 0 unspecified atom stereocenters. The normalized spacial score (nSPS) is 10.7. The Bertz CT molecular complexity index is 762. The predicted octanol–water partition coefficient (Wildman–Crippen LogP) is 3.31. The third kappa shape index (κ3) is 3.11. The van der Waals surface area contributed by atoms with Crippen molar-refractivity contribution < 1.29 is 4.79 Å². The molecule has 2 N–H and O–H groups in total. The van der Waals surface area contributed by atoms with Gasteiger partial charge in [0.15, 0.2) is 0 Å². The monoisotopic (exact) mass is 279 g/mol. The summed E-state index contributed by atoms with van der Waals surface area (Å²) in [5.74, 6) is 0.951. The Hall–Kier alpha value is -2.62. The summed E-state index contributed by atoms with van der Waals surface area (Å²) in [6.45, 7) is 2.06. The lowest BCUT2D eigenvalue weighted by molar-refractivity contribution is -0.115. The molecule has 0 spiro atoms. The fourth-order valence-corrected chi connectivity index (χ4v) is 2.30. The number of fused-ring (bicyclic) bond motifs is 1. The molecule has 106 valence electrons. The van der Waals surface area contributed by atoms with Crippen LogP contribution in [0.4, 0.5) is 5.69 Å². The third-order valence-corrected chi connectivity index (χ3v) is 3.35. The molecular weight excluding hydrogens is 262 g/mol. The summed E-state index contributed by atoms with van der Waals surface area (Å²) in [5.41, 5.74) is 3.72. The van der Waals surface area contributed by atoms with E-state index in [1.807, 2.05) is 48.5 Å². The van der Waals surface area contributed by atoms with E-state index in [1.54, 1.807) is 0 Å². The van der Waals surface area contributed by atoms with Gasteiger partial charge in [0.2, 0.25) is 5.91 Å². The Morgan fingerprint density at radius 1 is 1.19 bits per heavy atom. The number of amides is 1. The largest absolute Gasteiger partial charge is 0.342 e. The van der Waals surface area contributed by atoms with Crippen LogP contribution in [0, 0.1) is 0 Å². The van der Waals surface area contributed by atoms with Gasteiger partial charge in [-0.3, -0.25) is 4.79 Å². The number of H-pyrrole nitrogens is 1. The van der Waals surface area contributed by atoms with Gasteiger partial charge in [-0.2, -0.15) is 0 Å². The average Bonchev–Trinajstić information content (AvgIpc) is 2.90. The number of nitrogens with one attached hydrogen (secondary N) is 2. The maximum absolute atomic E-state index is 12.0. The van der Waals surface area contributed by atoms with Crippen molar-refractivity contribution in [1.29, 1.82) is 0 Å². The second-order valence-corrected chi connectivity index (χ2v) is 4.98. The predicted molar refractivity (Wildman–Crippen MR) is 84.2 cm³/mol. The number of imidazole rings is 1. The number of rotatable bonds is 4. The first-order valence-corrected chi connectivity index (χ1v) is 7.07. The summed E-state index contributed by atoms with van der Waals surface area (Å²) < 4.78 is 0. The summed E-state index contributed by atoms with van der Waals surface area (Å²) in [6.07, 6.45) is 1.23. The molecule has 0 aliphatic carbocycles. The van der Waals surface area contributed by atoms with Crippen LogP contribution >= 0.6 is 0 Å². The van der Waals surface area contributed by atoms with Crippen LogP contribution in [0.2, 0.25) is 0 Å². The zero-order chi connectivity index (χ0) is 14.7. The van der Waals surface area contributed by atoms with Gasteiger partial charge in [-0.1, -0.05) is 31.2 Å². The first kappa shape index (κ1) is 13.4. The molecule has 4 nitrogen and oxygen atoms in total. The number of aryl methyl sites for hydroxylation is 1. The van der Waals surface area contributed by atoms with Crippen LogP contribution in [0.5, 0.6) is 0 Å². The molecule has 21 heavy (non-hydrogen) atoms. The maximum Gasteiger partial charge on any atom is 0.228 e. The number of hydrogen-bond donors (Lipinski definition) is 2. The van der Waals surface area contributed by atoms with Gasteiger partial charge in [0.25, 0.3) is 0 Å². The Morgan fingerprint density at radius 2 is 2.00 bits per heavy atom. The Morgan fingerprint density at radius 3 is 2.76 bits per heavy atom. The van der Waals surface area contributed by atoms with Crippen molar-refractivity contribution in [2.45, 2.75) is 19.8 Å². The smallest absolute Gasteiger partial charge is 0.228 e. The number of anilines is 1. The van der Waals surface area contributed by atoms with Crippen LogP contribution in [-0.4, -0.2) is 15.9 Å². The van der Waals surface area contributed by atoms with Gasteiger partial charge in [-0.05, 0) is 29.8 Å². The van der Waals surface area contributed by atoms with Gasteiger partial charge >= 0.3 is 0 Å². The molecule has 0 atom stereocenters. The molecule has 1 amide bonds. The molecule has 0 aliphatic rings. The summed E-state index contributed by atoms with van der Waals surface area (Å²) in [7, 11) is 0. The molecular formula is C17H17N3O. The molecule has 2 aromatic carbocycles. The SMILES string of the molecule is CCc1nc2ccc(CC(=O)Nc3ccccc3)cc2[nH]1. The molecule has 0 radical (unpaired) electrons. The number of aromatic amines is 1. The number of hydrogen-bond acceptors (Lipinski definition) is 2. The number of aromatic nitrogens is 2. The molecule has 4 heteroatoms. The fourth-order valence-electron chi connectivity index (χ4n) is 2.30. The number of carbonyl (C=O) groups excluding carboxylic acids is 1. The summed E-state index contributed by atoms with van der Waals surface area (Å²) in [6, 6.07) is 15.4. The van der Waals surface area contributed by atoms with Crippen molar-refractivity contribution in [3.63, 3.8) is 0 Å². The van der Waals surface area contributed by atoms with E-state index in [0.717, 1.165) is 34.5 Å². The summed E-state index contributed by atoms with van der Waals surface area (Å²) >= 11 is 0. The highest BCUT2D eigenvalue weighted by Gasteiger charge is 2.07. The van der Waals surface area contributed by atoms with Crippen LogP contribution in [-0.2, 0) is 17.6 Å². The van der Waals surface area contributed by atoms with Gasteiger partial charge in [-0.25, -0.2) is 4.98 Å². The van der Waals surface area contributed by atoms with Crippen molar-refractivity contribution in [2.75, 3.05) is 5.32 Å². The summed E-state index contributed by atoms with van der Waals surface area (Å²) in [5, 5.41) is 2.89. The van der Waals surface area contributed by atoms with Gasteiger partial charge in [0, 0.05) is 12.1 Å². The summed E-state index contributed by atoms with van der Waals surface area (Å²) in [4.78, 5) is 19.8. The molecule has 1 heterocycles. The zero-order valence-electron chi connectivity index (χ0n) is 11.9. The lowest BCUT2D eigenvalue weighted by Crippen LogP contribution is -2.14. The van der Waals surface area contributed by atoms with Crippen molar-refractivity contribution in [3.8, 4) is 0 Å².